The van der Waals surface area contributed by atoms with Gasteiger partial charge in [0, 0.05) is 28.3 Å². The minimum absolute atomic E-state index is 0.133. The average molecular weight is 343 g/mol. The number of rotatable bonds is 4. The maximum atomic E-state index is 13.5. The fraction of sp³-hybridized carbons (Fsp3) is 0.0769. The number of nitro benzene ring substituents is 1. The molecule has 2 rings (SSSR count). The quantitative estimate of drug-likeness (QED) is 0.667. The lowest BCUT2D eigenvalue weighted by Crippen LogP contribution is -2.03. The summed E-state index contributed by atoms with van der Waals surface area (Å²) in [6, 6.07) is 7.91. The molecule has 20 heavy (non-hydrogen) atoms. The summed E-state index contributed by atoms with van der Waals surface area (Å²) in [4.78, 5) is 9.81. The number of hydrogen-bond donors (Lipinski definition) is 1. The highest BCUT2D eigenvalue weighted by atomic mass is 79.9. The second-order valence-electron chi connectivity index (χ2n) is 4.01. The van der Waals surface area contributed by atoms with Gasteiger partial charge in [0.25, 0.3) is 0 Å². The van der Waals surface area contributed by atoms with E-state index in [4.69, 9.17) is 0 Å². The van der Waals surface area contributed by atoms with Crippen molar-refractivity contribution in [1.29, 1.82) is 0 Å². The predicted octanol–water partition coefficient (Wildman–Crippen LogP) is 4.25. The summed E-state index contributed by atoms with van der Waals surface area (Å²) in [6.07, 6.45) is 0. The highest BCUT2D eigenvalue weighted by molar-refractivity contribution is 9.10. The van der Waals surface area contributed by atoms with E-state index in [1.165, 1.54) is 12.1 Å². The van der Waals surface area contributed by atoms with Gasteiger partial charge in [0.05, 0.1) is 4.92 Å². The molecule has 0 aliphatic carbocycles. The van der Waals surface area contributed by atoms with Crippen molar-refractivity contribution in [2.45, 2.75) is 6.54 Å². The molecule has 0 aliphatic heterocycles. The molecule has 0 saturated carbocycles. The van der Waals surface area contributed by atoms with Crippen molar-refractivity contribution >= 4 is 27.3 Å². The molecule has 0 heterocycles. The van der Waals surface area contributed by atoms with Crippen LogP contribution in [0.5, 0.6) is 0 Å². The molecule has 7 heteroatoms. The van der Waals surface area contributed by atoms with Gasteiger partial charge in [0.2, 0.25) is 5.82 Å². The number of anilines is 1. The summed E-state index contributed by atoms with van der Waals surface area (Å²) in [5, 5.41) is 13.4. The number of nitro groups is 1. The second kappa shape index (κ2) is 5.96. The molecule has 0 atom stereocenters. The van der Waals surface area contributed by atoms with Gasteiger partial charge in [-0.2, -0.15) is 4.39 Å². The van der Waals surface area contributed by atoms with Crippen LogP contribution in [0.2, 0.25) is 0 Å². The number of halogens is 3. The lowest BCUT2D eigenvalue weighted by molar-refractivity contribution is -0.387. The first kappa shape index (κ1) is 14.4. The first-order valence-electron chi connectivity index (χ1n) is 5.59. The summed E-state index contributed by atoms with van der Waals surface area (Å²) in [5.74, 6) is -1.30. The Labute approximate surface area is 121 Å². The van der Waals surface area contributed by atoms with Gasteiger partial charge in [-0.3, -0.25) is 10.1 Å². The van der Waals surface area contributed by atoms with Gasteiger partial charge in [-0.05, 0) is 30.3 Å². The highest BCUT2D eigenvalue weighted by Gasteiger charge is 2.14. The van der Waals surface area contributed by atoms with Crippen LogP contribution in [-0.4, -0.2) is 4.92 Å². The molecule has 1 N–H and O–H groups in total. The van der Waals surface area contributed by atoms with E-state index in [1.54, 1.807) is 12.1 Å². The van der Waals surface area contributed by atoms with E-state index >= 15 is 0 Å². The summed E-state index contributed by atoms with van der Waals surface area (Å²) >= 11 is 3.23. The van der Waals surface area contributed by atoms with Crippen LogP contribution in [0.4, 0.5) is 20.2 Å². The summed E-state index contributed by atoms with van der Waals surface area (Å²) in [6.45, 7) is 0.133. The van der Waals surface area contributed by atoms with E-state index in [0.29, 0.717) is 11.3 Å². The van der Waals surface area contributed by atoms with Crippen LogP contribution in [-0.2, 0) is 6.54 Å². The lowest BCUT2D eigenvalue weighted by atomic mass is 10.2. The zero-order chi connectivity index (χ0) is 14.7. The van der Waals surface area contributed by atoms with Crippen LogP contribution in [0, 0.1) is 21.7 Å². The Morgan fingerprint density at radius 1 is 1.15 bits per heavy atom. The van der Waals surface area contributed by atoms with Gasteiger partial charge >= 0.3 is 5.69 Å². The predicted molar refractivity (Wildman–Crippen MR) is 74.5 cm³/mol. The minimum atomic E-state index is -0.908. The third-order valence-corrected chi connectivity index (χ3v) is 3.13. The van der Waals surface area contributed by atoms with Crippen molar-refractivity contribution < 1.29 is 13.7 Å². The molecule has 0 bridgehead atoms. The third kappa shape index (κ3) is 3.30. The summed E-state index contributed by atoms with van der Waals surface area (Å²) < 4.78 is 27.4. The Balaban J connectivity index is 2.17. The standard InChI is InChI=1S/C13H9BrF2N2O2/c14-9-1-3-11(15)8(5-9)7-17-10-2-4-12(16)13(6-10)18(19)20/h1-6,17H,7H2. The van der Waals surface area contributed by atoms with Crippen molar-refractivity contribution in [2.75, 3.05) is 5.32 Å². The highest BCUT2D eigenvalue weighted by Crippen LogP contribution is 2.23. The molecule has 0 radical (unpaired) electrons. The summed E-state index contributed by atoms with van der Waals surface area (Å²) in [5.41, 5.74) is 0.119. The average Bonchev–Trinajstić information content (AvgIpc) is 2.41. The smallest absolute Gasteiger partial charge is 0.306 e. The van der Waals surface area contributed by atoms with Crippen molar-refractivity contribution in [3.8, 4) is 0 Å². The van der Waals surface area contributed by atoms with Gasteiger partial charge in [-0.15, -0.1) is 0 Å². The number of benzene rings is 2. The van der Waals surface area contributed by atoms with Crippen molar-refractivity contribution in [3.05, 3.63) is 68.2 Å². The van der Waals surface area contributed by atoms with E-state index in [1.807, 2.05) is 0 Å². The summed E-state index contributed by atoms with van der Waals surface area (Å²) in [7, 11) is 0. The Morgan fingerprint density at radius 2 is 1.85 bits per heavy atom. The van der Waals surface area contributed by atoms with E-state index in [2.05, 4.69) is 21.2 Å². The molecule has 4 nitrogen and oxygen atoms in total. The van der Waals surface area contributed by atoms with Gasteiger partial charge in [0.15, 0.2) is 0 Å². The molecule has 0 unspecified atom stereocenters. The monoisotopic (exact) mass is 342 g/mol. The van der Waals surface area contributed by atoms with Gasteiger partial charge in [-0.25, -0.2) is 4.39 Å². The molecule has 0 aromatic heterocycles. The number of nitrogens with zero attached hydrogens (tertiary/aromatic N) is 1. The van der Waals surface area contributed by atoms with Gasteiger partial charge in [0.1, 0.15) is 5.82 Å². The largest absolute Gasteiger partial charge is 0.381 e. The lowest BCUT2D eigenvalue weighted by Gasteiger charge is -2.08. The Hall–Kier alpha value is -2.02. The Morgan fingerprint density at radius 3 is 2.55 bits per heavy atom. The molecule has 0 aliphatic rings. The van der Waals surface area contributed by atoms with Crippen LogP contribution < -0.4 is 5.32 Å². The van der Waals surface area contributed by atoms with Crippen LogP contribution in [0.3, 0.4) is 0 Å². The van der Waals surface area contributed by atoms with Crippen LogP contribution >= 0.6 is 15.9 Å². The fourth-order valence-electron chi connectivity index (χ4n) is 1.64. The SMILES string of the molecule is O=[N+]([O-])c1cc(NCc2cc(Br)ccc2F)ccc1F. The zero-order valence-corrected chi connectivity index (χ0v) is 11.7. The number of hydrogen-bond acceptors (Lipinski definition) is 3. The van der Waals surface area contributed by atoms with Crippen molar-refractivity contribution in [2.24, 2.45) is 0 Å². The Kier molecular flexibility index (Phi) is 4.29. The molecular formula is C13H9BrF2N2O2. The van der Waals surface area contributed by atoms with Crippen molar-refractivity contribution in [3.63, 3.8) is 0 Å². The Bertz CT molecular complexity index is 665. The maximum Gasteiger partial charge on any atom is 0.306 e. The second-order valence-corrected chi connectivity index (χ2v) is 4.93. The van der Waals surface area contributed by atoms with Crippen LogP contribution in [0.15, 0.2) is 40.9 Å². The molecular weight excluding hydrogens is 334 g/mol. The first-order valence-corrected chi connectivity index (χ1v) is 6.38. The van der Waals surface area contributed by atoms with E-state index in [-0.39, 0.29) is 6.54 Å². The maximum absolute atomic E-state index is 13.5. The molecule has 2 aromatic rings. The van der Waals surface area contributed by atoms with E-state index < -0.39 is 22.2 Å². The molecule has 104 valence electrons. The molecule has 0 spiro atoms. The van der Waals surface area contributed by atoms with Gasteiger partial charge in [-0.1, -0.05) is 15.9 Å². The normalized spacial score (nSPS) is 10.3. The minimum Gasteiger partial charge on any atom is -0.381 e. The van der Waals surface area contributed by atoms with E-state index in [0.717, 1.165) is 16.6 Å². The van der Waals surface area contributed by atoms with Crippen LogP contribution in [0.25, 0.3) is 0 Å². The fourth-order valence-corrected chi connectivity index (χ4v) is 2.05. The third-order valence-electron chi connectivity index (χ3n) is 2.63. The van der Waals surface area contributed by atoms with Gasteiger partial charge < -0.3 is 5.32 Å². The zero-order valence-electron chi connectivity index (χ0n) is 10.1. The molecule has 0 saturated heterocycles. The van der Waals surface area contributed by atoms with Crippen LogP contribution in [0.1, 0.15) is 5.56 Å². The topological polar surface area (TPSA) is 55.2 Å². The molecule has 2 aromatic carbocycles. The number of nitrogens with one attached hydrogen (secondary N) is 1. The van der Waals surface area contributed by atoms with E-state index in [9.17, 15) is 18.9 Å². The van der Waals surface area contributed by atoms with Crippen molar-refractivity contribution in [1.82, 2.24) is 0 Å². The first-order chi connectivity index (χ1) is 9.47. The molecule has 0 amide bonds. The molecule has 0 fully saturated rings.